The first kappa shape index (κ1) is 11.8. The third-order valence-electron chi connectivity index (χ3n) is 2.30. The van der Waals surface area contributed by atoms with E-state index in [4.69, 9.17) is 5.73 Å². The monoisotopic (exact) mass is 247 g/mol. The average molecular weight is 247 g/mol. The molecule has 5 heteroatoms. The summed E-state index contributed by atoms with van der Waals surface area (Å²) >= 11 is 1.61. The minimum atomic E-state index is -0.165. The number of amides is 1. The van der Waals surface area contributed by atoms with E-state index in [2.05, 4.69) is 10.3 Å². The van der Waals surface area contributed by atoms with Crippen molar-refractivity contribution < 1.29 is 4.79 Å². The second kappa shape index (κ2) is 5.56. The summed E-state index contributed by atoms with van der Waals surface area (Å²) in [5.41, 5.74) is 6.79. The van der Waals surface area contributed by atoms with E-state index >= 15 is 0 Å². The van der Waals surface area contributed by atoms with Gasteiger partial charge in [0.1, 0.15) is 5.69 Å². The minimum absolute atomic E-state index is 0.165. The highest BCUT2D eigenvalue weighted by Crippen LogP contribution is 2.08. The van der Waals surface area contributed by atoms with Gasteiger partial charge in [0, 0.05) is 17.6 Å². The summed E-state index contributed by atoms with van der Waals surface area (Å²) in [4.78, 5) is 16.9. The Balaban J connectivity index is 1.95. The second-order valence-corrected chi connectivity index (χ2v) is 4.55. The van der Waals surface area contributed by atoms with Crippen LogP contribution >= 0.6 is 11.3 Å². The first-order chi connectivity index (χ1) is 8.29. The highest BCUT2D eigenvalue weighted by molar-refractivity contribution is 7.09. The van der Waals surface area contributed by atoms with E-state index in [1.54, 1.807) is 23.6 Å². The quantitative estimate of drug-likeness (QED) is 0.861. The van der Waals surface area contributed by atoms with E-state index in [9.17, 15) is 4.79 Å². The van der Waals surface area contributed by atoms with E-state index in [0.717, 1.165) is 10.4 Å². The molecule has 0 aliphatic rings. The van der Waals surface area contributed by atoms with Gasteiger partial charge in [-0.25, -0.2) is 0 Å². The number of carbonyl (C=O) groups excluding carboxylic acids is 1. The molecule has 0 spiro atoms. The Bertz CT molecular complexity index is 479. The number of pyridine rings is 1. The maximum absolute atomic E-state index is 11.7. The smallest absolute Gasteiger partial charge is 0.270 e. The largest absolute Gasteiger partial charge is 0.346 e. The first-order valence-electron chi connectivity index (χ1n) is 5.25. The number of hydrogen-bond donors (Lipinski definition) is 2. The van der Waals surface area contributed by atoms with E-state index in [1.807, 2.05) is 23.6 Å². The molecule has 2 aromatic rings. The van der Waals surface area contributed by atoms with Crippen LogP contribution in [-0.4, -0.2) is 10.9 Å². The van der Waals surface area contributed by atoms with E-state index in [1.165, 1.54) is 0 Å². The molecular weight excluding hydrogens is 234 g/mol. The number of aromatic nitrogens is 1. The molecule has 2 heterocycles. The molecular formula is C12H13N3OS. The van der Waals surface area contributed by atoms with Crippen molar-refractivity contribution >= 4 is 17.2 Å². The van der Waals surface area contributed by atoms with E-state index in [-0.39, 0.29) is 5.91 Å². The van der Waals surface area contributed by atoms with Crippen molar-refractivity contribution in [3.63, 3.8) is 0 Å². The number of nitrogens with zero attached hydrogens (tertiary/aromatic N) is 1. The van der Waals surface area contributed by atoms with Crippen LogP contribution in [0.3, 0.4) is 0 Å². The molecule has 2 rings (SSSR count). The summed E-state index contributed by atoms with van der Waals surface area (Å²) in [6.45, 7) is 0.973. The molecule has 0 saturated carbocycles. The highest BCUT2D eigenvalue weighted by atomic mass is 32.1. The van der Waals surface area contributed by atoms with Gasteiger partial charge in [-0.1, -0.05) is 12.1 Å². The lowest BCUT2D eigenvalue weighted by Crippen LogP contribution is -2.23. The van der Waals surface area contributed by atoms with Crippen LogP contribution in [0.4, 0.5) is 0 Å². The lowest BCUT2D eigenvalue weighted by molar-refractivity contribution is 0.0946. The fraction of sp³-hybridized carbons (Fsp3) is 0.167. The predicted molar refractivity (Wildman–Crippen MR) is 67.6 cm³/mol. The third-order valence-corrected chi connectivity index (χ3v) is 3.17. The third kappa shape index (κ3) is 3.12. The number of rotatable bonds is 4. The normalized spacial score (nSPS) is 10.2. The van der Waals surface area contributed by atoms with Crippen molar-refractivity contribution in [1.29, 1.82) is 0 Å². The zero-order chi connectivity index (χ0) is 12.1. The summed E-state index contributed by atoms with van der Waals surface area (Å²) in [7, 11) is 0. The van der Waals surface area contributed by atoms with Crippen LogP contribution in [0.2, 0.25) is 0 Å². The Hall–Kier alpha value is -1.72. The molecule has 88 valence electrons. The van der Waals surface area contributed by atoms with Gasteiger partial charge in [-0.3, -0.25) is 9.78 Å². The SMILES string of the molecule is NCc1ccc(C(=O)NCc2cccs2)nc1. The molecule has 0 bridgehead atoms. The van der Waals surface area contributed by atoms with Gasteiger partial charge in [0.25, 0.3) is 5.91 Å². The summed E-state index contributed by atoms with van der Waals surface area (Å²) in [5.74, 6) is -0.165. The highest BCUT2D eigenvalue weighted by Gasteiger charge is 2.06. The van der Waals surface area contributed by atoms with Crippen LogP contribution in [0.25, 0.3) is 0 Å². The van der Waals surface area contributed by atoms with Crippen molar-refractivity contribution in [2.75, 3.05) is 0 Å². The van der Waals surface area contributed by atoms with E-state index in [0.29, 0.717) is 18.8 Å². The van der Waals surface area contributed by atoms with Gasteiger partial charge < -0.3 is 11.1 Å². The van der Waals surface area contributed by atoms with Gasteiger partial charge in [0.05, 0.1) is 6.54 Å². The van der Waals surface area contributed by atoms with Crippen molar-refractivity contribution in [3.8, 4) is 0 Å². The number of nitrogens with two attached hydrogens (primary N) is 1. The molecule has 3 N–H and O–H groups in total. The molecule has 4 nitrogen and oxygen atoms in total. The fourth-order valence-electron chi connectivity index (χ4n) is 1.35. The van der Waals surface area contributed by atoms with Crippen molar-refractivity contribution in [2.45, 2.75) is 13.1 Å². The molecule has 0 fully saturated rings. The van der Waals surface area contributed by atoms with Gasteiger partial charge in [0.15, 0.2) is 0 Å². The molecule has 0 radical (unpaired) electrons. The predicted octanol–water partition coefficient (Wildman–Crippen LogP) is 1.53. The zero-order valence-corrected chi connectivity index (χ0v) is 10.0. The van der Waals surface area contributed by atoms with Gasteiger partial charge >= 0.3 is 0 Å². The molecule has 0 aliphatic heterocycles. The zero-order valence-electron chi connectivity index (χ0n) is 9.22. The van der Waals surface area contributed by atoms with Gasteiger partial charge in [-0.2, -0.15) is 0 Å². The summed E-state index contributed by atoms with van der Waals surface area (Å²) in [5, 5.41) is 4.80. The molecule has 0 aliphatic carbocycles. The number of carbonyl (C=O) groups is 1. The van der Waals surface area contributed by atoms with Gasteiger partial charge in [-0.05, 0) is 23.1 Å². The van der Waals surface area contributed by atoms with Crippen LogP contribution in [0.5, 0.6) is 0 Å². The lowest BCUT2D eigenvalue weighted by Gasteiger charge is -2.03. The van der Waals surface area contributed by atoms with Gasteiger partial charge in [-0.15, -0.1) is 11.3 Å². The van der Waals surface area contributed by atoms with Crippen molar-refractivity contribution in [3.05, 3.63) is 52.0 Å². The summed E-state index contributed by atoms with van der Waals surface area (Å²) < 4.78 is 0. The molecule has 0 unspecified atom stereocenters. The number of thiophene rings is 1. The fourth-order valence-corrected chi connectivity index (χ4v) is 2.00. The Morgan fingerprint density at radius 2 is 2.29 bits per heavy atom. The molecule has 0 aromatic carbocycles. The van der Waals surface area contributed by atoms with Crippen LogP contribution < -0.4 is 11.1 Å². The molecule has 17 heavy (non-hydrogen) atoms. The van der Waals surface area contributed by atoms with Crippen LogP contribution in [0, 0.1) is 0 Å². The number of hydrogen-bond acceptors (Lipinski definition) is 4. The molecule has 0 saturated heterocycles. The Kier molecular flexibility index (Phi) is 3.85. The maximum atomic E-state index is 11.7. The van der Waals surface area contributed by atoms with Crippen LogP contribution in [0.15, 0.2) is 35.8 Å². The van der Waals surface area contributed by atoms with Crippen LogP contribution in [0.1, 0.15) is 20.9 Å². The average Bonchev–Trinajstić information content (AvgIpc) is 2.89. The maximum Gasteiger partial charge on any atom is 0.270 e. The molecule has 0 atom stereocenters. The summed E-state index contributed by atoms with van der Waals surface area (Å²) in [6, 6.07) is 7.44. The van der Waals surface area contributed by atoms with Crippen LogP contribution in [-0.2, 0) is 13.1 Å². The first-order valence-corrected chi connectivity index (χ1v) is 6.13. The second-order valence-electron chi connectivity index (χ2n) is 3.52. The van der Waals surface area contributed by atoms with Crippen molar-refractivity contribution in [2.24, 2.45) is 5.73 Å². The van der Waals surface area contributed by atoms with E-state index < -0.39 is 0 Å². The lowest BCUT2D eigenvalue weighted by atomic mass is 10.2. The number of nitrogens with one attached hydrogen (secondary N) is 1. The topological polar surface area (TPSA) is 68.0 Å². The molecule has 2 aromatic heterocycles. The standard InChI is InChI=1S/C12H13N3OS/c13-6-9-3-4-11(14-7-9)12(16)15-8-10-2-1-5-17-10/h1-5,7H,6,8,13H2,(H,15,16). The Labute approximate surface area is 103 Å². The Morgan fingerprint density at radius 3 is 2.88 bits per heavy atom. The molecule has 1 amide bonds. The van der Waals surface area contributed by atoms with Crippen molar-refractivity contribution in [1.82, 2.24) is 10.3 Å². The minimum Gasteiger partial charge on any atom is -0.346 e. The summed E-state index contributed by atoms with van der Waals surface area (Å²) in [6.07, 6.45) is 1.63. The Morgan fingerprint density at radius 1 is 1.41 bits per heavy atom. The van der Waals surface area contributed by atoms with Gasteiger partial charge in [0.2, 0.25) is 0 Å².